The van der Waals surface area contributed by atoms with Crippen molar-refractivity contribution in [1.82, 2.24) is 14.5 Å². The van der Waals surface area contributed by atoms with E-state index < -0.39 is 0 Å². The molecule has 1 aliphatic rings. The molecule has 1 aliphatic heterocycles. The molecule has 0 aromatic carbocycles. The topological polar surface area (TPSA) is 84.1 Å². The predicted octanol–water partition coefficient (Wildman–Crippen LogP) is -0.663. The van der Waals surface area contributed by atoms with Crippen molar-refractivity contribution in [2.75, 3.05) is 20.1 Å². The summed E-state index contributed by atoms with van der Waals surface area (Å²) in [6.07, 6.45) is 3.76. The van der Waals surface area contributed by atoms with Gasteiger partial charge in [-0.15, -0.1) is 0 Å². The van der Waals surface area contributed by atoms with E-state index >= 15 is 0 Å². The van der Waals surface area contributed by atoms with E-state index in [9.17, 15) is 9.59 Å². The third-order valence-corrected chi connectivity index (χ3v) is 3.60. The molecule has 2 heterocycles. The number of piperidine rings is 1. The Balaban J connectivity index is 2.14. The summed E-state index contributed by atoms with van der Waals surface area (Å²) < 4.78 is 1.58. The zero-order valence-electron chi connectivity index (χ0n) is 10.7. The standard InChI is InChI=1S/C12H20N4O2/c1-15-4-2-9(3-5-15)7-16-8-10(6-13)11(17)14-12(16)18/h8-9H,2-7,13H2,1H3,(H,14,17,18). The van der Waals surface area contributed by atoms with Crippen LogP contribution in [0.4, 0.5) is 0 Å². The van der Waals surface area contributed by atoms with Gasteiger partial charge < -0.3 is 10.6 Å². The van der Waals surface area contributed by atoms with Gasteiger partial charge in [0.2, 0.25) is 0 Å². The highest BCUT2D eigenvalue weighted by Crippen LogP contribution is 2.17. The molecule has 0 atom stereocenters. The lowest BCUT2D eigenvalue weighted by atomic mass is 9.97. The monoisotopic (exact) mass is 252 g/mol. The van der Waals surface area contributed by atoms with Gasteiger partial charge in [-0.25, -0.2) is 4.79 Å². The average Bonchev–Trinajstić information content (AvgIpc) is 2.35. The van der Waals surface area contributed by atoms with Gasteiger partial charge >= 0.3 is 5.69 Å². The van der Waals surface area contributed by atoms with Crippen LogP contribution < -0.4 is 17.0 Å². The molecule has 0 radical (unpaired) electrons. The molecule has 0 amide bonds. The van der Waals surface area contributed by atoms with Gasteiger partial charge in [-0.1, -0.05) is 0 Å². The van der Waals surface area contributed by atoms with Crippen molar-refractivity contribution in [3.63, 3.8) is 0 Å². The molecule has 0 saturated carbocycles. The van der Waals surface area contributed by atoms with E-state index in [0.29, 0.717) is 18.0 Å². The predicted molar refractivity (Wildman–Crippen MR) is 69.4 cm³/mol. The minimum absolute atomic E-state index is 0.156. The zero-order chi connectivity index (χ0) is 13.1. The molecule has 6 nitrogen and oxygen atoms in total. The van der Waals surface area contributed by atoms with Crippen molar-refractivity contribution >= 4 is 0 Å². The van der Waals surface area contributed by atoms with Crippen LogP contribution >= 0.6 is 0 Å². The molecule has 0 bridgehead atoms. The zero-order valence-corrected chi connectivity index (χ0v) is 10.7. The largest absolute Gasteiger partial charge is 0.328 e. The van der Waals surface area contributed by atoms with Crippen LogP contribution in [0.3, 0.4) is 0 Å². The molecule has 2 rings (SSSR count). The fourth-order valence-corrected chi connectivity index (χ4v) is 2.36. The van der Waals surface area contributed by atoms with Crippen molar-refractivity contribution in [3.8, 4) is 0 Å². The van der Waals surface area contributed by atoms with Gasteiger partial charge in [-0.05, 0) is 38.9 Å². The van der Waals surface area contributed by atoms with Crippen LogP contribution in [-0.2, 0) is 13.1 Å². The van der Waals surface area contributed by atoms with Gasteiger partial charge in [0.1, 0.15) is 0 Å². The minimum atomic E-state index is -0.373. The Morgan fingerprint density at radius 2 is 2.06 bits per heavy atom. The molecule has 6 heteroatoms. The van der Waals surface area contributed by atoms with E-state index in [1.807, 2.05) is 0 Å². The number of rotatable bonds is 3. The molecule has 1 saturated heterocycles. The van der Waals surface area contributed by atoms with Crippen molar-refractivity contribution in [1.29, 1.82) is 0 Å². The summed E-state index contributed by atoms with van der Waals surface area (Å²) in [5, 5.41) is 0. The fraction of sp³-hybridized carbons (Fsp3) is 0.667. The molecular weight excluding hydrogens is 232 g/mol. The summed E-state index contributed by atoms with van der Waals surface area (Å²) in [5.41, 5.74) is 5.23. The second-order valence-corrected chi connectivity index (χ2v) is 5.02. The summed E-state index contributed by atoms with van der Waals surface area (Å²) in [5.74, 6) is 0.496. The van der Waals surface area contributed by atoms with E-state index in [2.05, 4.69) is 16.9 Å². The smallest absolute Gasteiger partial charge is 0.326 e. The van der Waals surface area contributed by atoms with Gasteiger partial charge in [0.05, 0.1) is 0 Å². The molecule has 1 aromatic rings. The number of hydrogen-bond acceptors (Lipinski definition) is 4. The first-order valence-electron chi connectivity index (χ1n) is 6.31. The van der Waals surface area contributed by atoms with Crippen LogP contribution in [-0.4, -0.2) is 34.6 Å². The molecule has 0 unspecified atom stereocenters. The third-order valence-electron chi connectivity index (χ3n) is 3.60. The SMILES string of the molecule is CN1CCC(Cn2cc(CN)c(=O)[nH]c2=O)CC1. The van der Waals surface area contributed by atoms with E-state index in [4.69, 9.17) is 5.73 Å². The van der Waals surface area contributed by atoms with Crippen molar-refractivity contribution < 1.29 is 0 Å². The summed E-state index contributed by atoms with van der Waals surface area (Å²) in [6.45, 7) is 2.94. The Bertz CT molecular complexity index is 512. The van der Waals surface area contributed by atoms with E-state index in [-0.39, 0.29) is 17.8 Å². The Hall–Kier alpha value is -1.40. The normalized spacial score (nSPS) is 18.1. The molecular formula is C12H20N4O2. The Morgan fingerprint density at radius 3 is 2.67 bits per heavy atom. The number of nitrogens with one attached hydrogen (secondary N) is 1. The van der Waals surface area contributed by atoms with Gasteiger partial charge in [0, 0.05) is 24.8 Å². The molecule has 1 aromatic heterocycles. The average molecular weight is 252 g/mol. The highest BCUT2D eigenvalue weighted by Gasteiger charge is 2.17. The van der Waals surface area contributed by atoms with Gasteiger partial charge in [-0.2, -0.15) is 0 Å². The number of nitrogens with zero attached hydrogens (tertiary/aromatic N) is 2. The lowest BCUT2D eigenvalue weighted by Crippen LogP contribution is -2.37. The Labute approximate surface area is 105 Å². The van der Waals surface area contributed by atoms with Crippen LogP contribution in [0.15, 0.2) is 15.8 Å². The number of aromatic nitrogens is 2. The molecule has 3 N–H and O–H groups in total. The minimum Gasteiger partial charge on any atom is -0.326 e. The Morgan fingerprint density at radius 1 is 1.39 bits per heavy atom. The lowest BCUT2D eigenvalue weighted by molar-refractivity contribution is 0.203. The second kappa shape index (κ2) is 5.49. The maximum absolute atomic E-state index is 11.7. The molecule has 18 heavy (non-hydrogen) atoms. The van der Waals surface area contributed by atoms with Crippen molar-refractivity contribution in [2.45, 2.75) is 25.9 Å². The quantitative estimate of drug-likeness (QED) is 0.748. The van der Waals surface area contributed by atoms with Crippen molar-refractivity contribution in [3.05, 3.63) is 32.6 Å². The van der Waals surface area contributed by atoms with Crippen LogP contribution in [0.2, 0.25) is 0 Å². The van der Waals surface area contributed by atoms with Crippen LogP contribution in [0.25, 0.3) is 0 Å². The number of likely N-dealkylation sites (tertiary alicyclic amines) is 1. The number of aromatic amines is 1. The van der Waals surface area contributed by atoms with Crippen LogP contribution in [0.5, 0.6) is 0 Å². The van der Waals surface area contributed by atoms with E-state index in [0.717, 1.165) is 25.9 Å². The van der Waals surface area contributed by atoms with Gasteiger partial charge in [0.25, 0.3) is 5.56 Å². The highest BCUT2D eigenvalue weighted by atomic mass is 16.2. The molecule has 0 spiro atoms. The van der Waals surface area contributed by atoms with Crippen LogP contribution in [0, 0.1) is 5.92 Å². The molecule has 1 fully saturated rings. The van der Waals surface area contributed by atoms with E-state index in [1.165, 1.54) is 0 Å². The molecule has 0 aliphatic carbocycles. The fourth-order valence-electron chi connectivity index (χ4n) is 2.36. The lowest BCUT2D eigenvalue weighted by Gasteiger charge is -2.29. The first-order chi connectivity index (χ1) is 8.60. The van der Waals surface area contributed by atoms with Crippen molar-refractivity contribution in [2.24, 2.45) is 11.7 Å². The maximum Gasteiger partial charge on any atom is 0.328 e. The summed E-state index contributed by atoms with van der Waals surface area (Å²) in [7, 11) is 2.11. The number of H-pyrrole nitrogens is 1. The Kier molecular flexibility index (Phi) is 3.98. The van der Waals surface area contributed by atoms with Gasteiger partial charge in [-0.3, -0.25) is 14.3 Å². The maximum atomic E-state index is 11.7. The van der Waals surface area contributed by atoms with Crippen LogP contribution in [0.1, 0.15) is 18.4 Å². The first-order valence-corrected chi connectivity index (χ1v) is 6.31. The molecule has 100 valence electrons. The second-order valence-electron chi connectivity index (χ2n) is 5.02. The first kappa shape index (κ1) is 13.0. The highest BCUT2D eigenvalue weighted by molar-refractivity contribution is 5.03. The van der Waals surface area contributed by atoms with E-state index in [1.54, 1.807) is 10.8 Å². The van der Waals surface area contributed by atoms with Gasteiger partial charge in [0.15, 0.2) is 0 Å². The summed E-state index contributed by atoms with van der Waals surface area (Å²) >= 11 is 0. The third kappa shape index (κ3) is 2.88. The number of nitrogens with two attached hydrogens (primary N) is 1. The summed E-state index contributed by atoms with van der Waals surface area (Å²) in [6, 6.07) is 0. The number of hydrogen-bond donors (Lipinski definition) is 2. The summed E-state index contributed by atoms with van der Waals surface area (Å²) in [4.78, 5) is 27.7.